The zero-order valence-electron chi connectivity index (χ0n) is 9.63. The van der Waals surface area contributed by atoms with E-state index in [9.17, 15) is 0 Å². The number of hydrogen-bond donors (Lipinski definition) is 2. The number of ether oxygens (including phenoxy) is 1. The minimum atomic E-state index is 0.862. The molecule has 2 fully saturated rings. The van der Waals surface area contributed by atoms with Crippen LogP contribution in [-0.2, 0) is 4.74 Å². The molecule has 0 aromatic rings. The van der Waals surface area contributed by atoms with E-state index < -0.39 is 0 Å². The van der Waals surface area contributed by atoms with Gasteiger partial charge in [-0.1, -0.05) is 0 Å². The maximum absolute atomic E-state index is 5.36. The van der Waals surface area contributed by atoms with Crippen molar-refractivity contribution in [1.29, 1.82) is 0 Å². The fourth-order valence-corrected chi connectivity index (χ4v) is 2.53. The van der Waals surface area contributed by atoms with Crippen molar-refractivity contribution in [3.63, 3.8) is 0 Å². The average Bonchev–Trinajstić information content (AvgIpc) is 2.32. The highest BCUT2D eigenvalue weighted by atomic mass is 16.5. The molecule has 0 atom stereocenters. The van der Waals surface area contributed by atoms with E-state index in [-0.39, 0.29) is 0 Å². The molecule has 2 heterocycles. The van der Waals surface area contributed by atoms with Gasteiger partial charge in [0.2, 0.25) is 0 Å². The third-order valence-corrected chi connectivity index (χ3v) is 3.67. The van der Waals surface area contributed by atoms with Crippen LogP contribution in [0.25, 0.3) is 0 Å². The van der Waals surface area contributed by atoms with Gasteiger partial charge in [0.1, 0.15) is 0 Å². The van der Waals surface area contributed by atoms with E-state index in [4.69, 9.17) is 4.74 Å². The molecule has 2 saturated heterocycles. The van der Waals surface area contributed by atoms with Crippen molar-refractivity contribution in [2.24, 2.45) is 11.8 Å². The lowest BCUT2D eigenvalue weighted by Gasteiger charge is -2.26. The number of nitrogens with one attached hydrogen (secondary N) is 2. The smallest absolute Gasteiger partial charge is 0.0469 e. The Balaban J connectivity index is 1.53. The maximum Gasteiger partial charge on any atom is 0.0469 e. The molecule has 2 aliphatic rings. The van der Waals surface area contributed by atoms with Crippen molar-refractivity contribution in [3.8, 4) is 0 Å². The lowest BCUT2D eigenvalue weighted by molar-refractivity contribution is 0.0659. The minimum Gasteiger partial charge on any atom is -0.381 e. The SMILES string of the molecule is C1CC(CNCC2CCOCC2)CCN1. The first-order chi connectivity index (χ1) is 7.45. The van der Waals surface area contributed by atoms with Crippen LogP contribution in [0, 0.1) is 11.8 Å². The molecule has 3 heteroatoms. The second-order valence-electron chi connectivity index (χ2n) is 4.91. The third-order valence-electron chi connectivity index (χ3n) is 3.67. The van der Waals surface area contributed by atoms with Crippen LogP contribution < -0.4 is 10.6 Å². The molecule has 0 unspecified atom stereocenters. The molecule has 15 heavy (non-hydrogen) atoms. The summed E-state index contributed by atoms with van der Waals surface area (Å²) in [7, 11) is 0. The topological polar surface area (TPSA) is 33.3 Å². The van der Waals surface area contributed by atoms with Gasteiger partial charge in [-0.15, -0.1) is 0 Å². The van der Waals surface area contributed by atoms with E-state index in [0.717, 1.165) is 25.0 Å². The molecular formula is C12H24N2O. The van der Waals surface area contributed by atoms with Gasteiger partial charge in [0, 0.05) is 13.2 Å². The summed E-state index contributed by atoms with van der Waals surface area (Å²) < 4.78 is 5.36. The van der Waals surface area contributed by atoms with Crippen molar-refractivity contribution in [1.82, 2.24) is 10.6 Å². The molecule has 3 nitrogen and oxygen atoms in total. The van der Waals surface area contributed by atoms with Gasteiger partial charge in [0.05, 0.1) is 0 Å². The fraction of sp³-hybridized carbons (Fsp3) is 1.00. The van der Waals surface area contributed by atoms with Crippen molar-refractivity contribution >= 4 is 0 Å². The first-order valence-electron chi connectivity index (χ1n) is 6.44. The molecular weight excluding hydrogens is 188 g/mol. The maximum atomic E-state index is 5.36. The first-order valence-corrected chi connectivity index (χ1v) is 6.44. The van der Waals surface area contributed by atoms with Crippen LogP contribution in [0.3, 0.4) is 0 Å². The fourth-order valence-electron chi connectivity index (χ4n) is 2.53. The highest BCUT2D eigenvalue weighted by molar-refractivity contribution is 4.72. The van der Waals surface area contributed by atoms with Crippen molar-refractivity contribution < 1.29 is 4.74 Å². The highest BCUT2D eigenvalue weighted by Crippen LogP contribution is 2.14. The second-order valence-corrected chi connectivity index (χ2v) is 4.91. The number of hydrogen-bond acceptors (Lipinski definition) is 3. The predicted molar refractivity (Wildman–Crippen MR) is 62.0 cm³/mol. The Hall–Kier alpha value is -0.120. The zero-order chi connectivity index (χ0) is 10.3. The van der Waals surface area contributed by atoms with E-state index in [0.29, 0.717) is 0 Å². The van der Waals surface area contributed by atoms with Gasteiger partial charge in [0.15, 0.2) is 0 Å². The van der Waals surface area contributed by atoms with E-state index >= 15 is 0 Å². The van der Waals surface area contributed by atoms with Gasteiger partial charge in [-0.05, 0) is 63.7 Å². The Labute approximate surface area is 93.0 Å². The molecule has 0 saturated carbocycles. The molecule has 0 aromatic carbocycles. The van der Waals surface area contributed by atoms with Crippen LogP contribution in [0.4, 0.5) is 0 Å². The van der Waals surface area contributed by atoms with Gasteiger partial charge in [-0.2, -0.15) is 0 Å². The number of piperidine rings is 1. The Kier molecular flexibility index (Phi) is 4.90. The lowest BCUT2D eigenvalue weighted by atomic mass is 9.97. The Morgan fingerprint density at radius 2 is 1.53 bits per heavy atom. The van der Waals surface area contributed by atoms with Crippen LogP contribution >= 0.6 is 0 Å². The molecule has 0 radical (unpaired) electrons. The zero-order valence-corrected chi connectivity index (χ0v) is 9.63. The summed E-state index contributed by atoms with van der Waals surface area (Å²) in [6.45, 7) is 6.79. The molecule has 0 bridgehead atoms. The average molecular weight is 212 g/mol. The summed E-state index contributed by atoms with van der Waals surface area (Å²) in [4.78, 5) is 0. The van der Waals surface area contributed by atoms with Gasteiger partial charge in [-0.3, -0.25) is 0 Å². The molecule has 2 N–H and O–H groups in total. The van der Waals surface area contributed by atoms with Crippen molar-refractivity contribution in [3.05, 3.63) is 0 Å². The summed E-state index contributed by atoms with van der Waals surface area (Å²) in [5, 5.41) is 7.05. The standard InChI is InChI=1S/C12H24N2O/c1-5-13-6-2-11(1)9-14-10-12-3-7-15-8-4-12/h11-14H,1-10H2. The summed E-state index contributed by atoms with van der Waals surface area (Å²) in [5.74, 6) is 1.77. The largest absolute Gasteiger partial charge is 0.381 e. The molecule has 0 amide bonds. The monoisotopic (exact) mass is 212 g/mol. The Morgan fingerprint density at radius 3 is 2.20 bits per heavy atom. The van der Waals surface area contributed by atoms with Gasteiger partial charge in [-0.25, -0.2) is 0 Å². The molecule has 2 rings (SSSR count). The van der Waals surface area contributed by atoms with Gasteiger partial charge < -0.3 is 15.4 Å². The summed E-state index contributed by atoms with van der Waals surface area (Å²) in [6.07, 6.45) is 5.19. The van der Waals surface area contributed by atoms with E-state index in [2.05, 4.69) is 10.6 Å². The lowest BCUT2D eigenvalue weighted by Crippen LogP contribution is -2.36. The van der Waals surface area contributed by atoms with Crippen molar-refractivity contribution in [2.75, 3.05) is 39.4 Å². The Bertz CT molecular complexity index is 145. The normalized spacial score (nSPS) is 25.6. The van der Waals surface area contributed by atoms with E-state index in [1.54, 1.807) is 0 Å². The first kappa shape index (κ1) is 11.4. The quantitative estimate of drug-likeness (QED) is 0.729. The minimum absolute atomic E-state index is 0.862. The van der Waals surface area contributed by atoms with E-state index in [1.165, 1.54) is 51.9 Å². The van der Waals surface area contributed by atoms with E-state index in [1.807, 2.05) is 0 Å². The predicted octanol–water partition coefficient (Wildman–Crippen LogP) is 1.00. The van der Waals surface area contributed by atoms with Crippen LogP contribution in [0.5, 0.6) is 0 Å². The highest BCUT2D eigenvalue weighted by Gasteiger charge is 2.15. The van der Waals surface area contributed by atoms with Crippen LogP contribution in [0.15, 0.2) is 0 Å². The molecule has 88 valence electrons. The molecule has 2 aliphatic heterocycles. The second kappa shape index (κ2) is 6.46. The number of rotatable bonds is 4. The summed E-state index contributed by atoms with van der Waals surface area (Å²) in [5.41, 5.74) is 0. The van der Waals surface area contributed by atoms with Crippen LogP contribution in [0.1, 0.15) is 25.7 Å². The molecule has 0 spiro atoms. The van der Waals surface area contributed by atoms with Crippen LogP contribution in [0.2, 0.25) is 0 Å². The molecule has 0 aromatic heterocycles. The van der Waals surface area contributed by atoms with Gasteiger partial charge >= 0.3 is 0 Å². The van der Waals surface area contributed by atoms with Crippen molar-refractivity contribution in [2.45, 2.75) is 25.7 Å². The molecule has 0 aliphatic carbocycles. The van der Waals surface area contributed by atoms with Crippen LogP contribution in [-0.4, -0.2) is 39.4 Å². The summed E-state index contributed by atoms with van der Waals surface area (Å²) in [6, 6.07) is 0. The third kappa shape index (κ3) is 4.09. The summed E-state index contributed by atoms with van der Waals surface area (Å²) >= 11 is 0. The Morgan fingerprint density at radius 1 is 0.933 bits per heavy atom. The van der Waals surface area contributed by atoms with Gasteiger partial charge in [0.25, 0.3) is 0 Å².